The molecule has 9 nitrogen and oxygen atoms in total. The zero-order valence-corrected chi connectivity index (χ0v) is 17.5. The van der Waals surface area contributed by atoms with E-state index in [0.717, 1.165) is 17.4 Å². The number of nitrogens with zero attached hydrogens (tertiary/aromatic N) is 2. The SMILES string of the molecule is CCCCOC(=O)c1csc2ncn(CC(=O)OCCOCCOCC)c(=O)c12. The van der Waals surface area contributed by atoms with E-state index in [-0.39, 0.29) is 30.7 Å². The van der Waals surface area contributed by atoms with Gasteiger partial charge in [0.25, 0.3) is 5.56 Å². The van der Waals surface area contributed by atoms with Crippen LogP contribution in [-0.4, -0.2) is 61.1 Å². The van der Waals surface area contributed by atoms with Crippen molar-refractivity contribution in [2.24, 2.45) is 0 Å². The lowest BCUT2D eigenvalue weighted by Crippen LogP contribution is -2.27. The first-order chi connectivity index (χ1) is 14.1. The second-order valence-electron chi connectivity index (χ2n) is 6.03. The maximum absolute atomic E-state index is 12.7. The summed E-state index contributed by atoms with van der Waals surface area (Å²) in [6.07, 6.45) is 2.91. The van der Waals surface area contributed by atoms with Crippen LogP contribution in [0.3, 0.4) is 0 Å². The Bertz CT molecular complexity index is 862. The van der Waals surface area contributed by atoms with Gasteiger partial charge in [-0.3, -0.25) is 14.2 Å². The minimum Gasteiger partial charge on any atom is -0.462 e. The molecule has 2 aromatic heterocycles. The Kier molecular flexibility index (Phi) is 9.75. The van der Waals surface area contributed by atoms with Crippen molar-refractivity contribution >= 4 is 33.5 Å². The van der Waals surface area contributed by atoms with Gasteiger partial charge in [0.1, 0.15) is 18.0 Å². The maximum atomic E-state index is 12.7. The van der Waals surface area contributed by atoms with E-state index in [4.69, 9.17) is 18.9 Å². The number of thiophene rings is 1. The maximum Gasteiger partial charge on any atom is 0.339 e. The van der Waals surface area contributed by atoms with Gasteiger partial charge < -0.3 is 18.9 Å². The summed E-state index contributed by atoms with van der Waals surface area (Å²) in [5, 5.41) is 1.71. The number of fused-ring (bicyclic) bond motifs is 1. The molecule has 0 aromatic carbocycles. The highest BCUT2D eigenvalue weighted by molar-refractivity contribution is 7.17. The second kappa shape index (κ2) is 12.3. The predicted molar refractivity (Wildman–Crippen MR) is 107 cm³/mol. The normalized spacial score (nSPS) is 11.0. The summed E-state index contributed by atoms with van der Waals surface area (Å²) in [5.74, 6) is -1.16. The average Bonchev–Trinajstić information content (AvgIpc) is 3.14. The van der Waals surface area contributed by atoms with Gasteiger partial charge in [-0.15, -0.1) is 11.3 Å². The van der Waals surface area contributed by atoms with E-state index in [9.17, 15) is 14.4 Å². The molecule has 0 radical (unpaired) electrons. The second-order valence-corrected chi connectivity index (χ2v) is 6.88. The molecule has 29 heavy (non-hydrogen) atoms. The molecule has 0 N–H and O–H groups in total. The van der Waals surface area contributed by atoms with Crippen molar-refractivity contribution in [1.29, 1.82) is 0 Å². The van der Waals surface area contributed by atoms with Crippen LogP contribution in [0.5, 0.6) is 0 Å². The van der Waals surface area contributed by atoms with Crippen LogP contribution < -0.4 is 5.56 Å². The quantitative estimate of drug-likeness (QED) is 0.354. The van der Waals surface area contributed by atoms with Gasteiger partial charge in [0.15, 0.2) is 0 Å². The molecule has 0 fully saturated rings. The van der Waals surface area contributed by atoms with E-state index in [1.165, 1.54) is 17.7 Å². The summed E-state index contributed by atoms with van der Waals surface area (Å²) in [6, 6.07) is 0. The molecule has 2 rings (SSSR count). The third-order valence-electron chi connectivity index (χ3n) is 3.88. The minimum atomic E-state index is -0.594. The highest BCUT2D eigenvalue weighted by atomic mass is 32.1. The van der Waals surface area contributed by atoms with Crippen LogP contribution in [-0.2, 0) is 30.3 Å². The molecular formula is C19H26N2O7S. The number of unbranched alkanes of at least 4 members (excludes halogenated alkanes) is 1. The lowest BCUT2D eigenvalue weighted by Gasteiger charge is -2.08. The van der Waals surface area contributed by atoms with Crippen molar-refractivity contribution in [2.45, 2.75) is 33.2 Å². The molecule has 0 saturated carbocycles. The molecule has 10 heteroatoms. The van der Waals surface area contributed by atoms with Crippen LogP contribution in [0.2, 0.25) is 0 Å². The van der Waals surface area contributed by atoms with Crippen molar-refractivity contribution in [2.75, 3.05) is 39.6 Å². The van der Waals surface area contributed by atoms with E-state index in [2.05, 4.69) is 4.98 Å². The molecule has 0 saturated heterocycles. The lowest BCUT2D eigenvalue weighted by atomic mass is 10.2. The highest BCUT2D eigenvalue weighted by Crippen LogP contribution is 2.21. The first-order valence-corrected chi connectivity index (χ1v) is 10.4. The molecule has 0 spiro atoms. The number of rotatable bonds is 13. The molecular weight excluding hydrogens is 400 g/mol. The molecule has 0 unspecified atom stereocenters. The third kappa shape index (κ3) is 6.91. The van der Waals surface area contributed by atoms with Crippen molar-refractivity contribution in [1.82, 2.24) is 9.55 Å². The predicted octanol–water partition coefficient (Wildman–Crippen LogP) is 2.01. The van der Waals surface area contributed by atoms with Gasteiger partial charge in [-0.25, -0.2) is 9.78 Å². The van der Waals surface area contributed by atoms with Gasteiger partial charge in [-0.2, -0.15) is 0 Å². The molecule has 160 valence electrons. The zero-order chi connectivity index (χ0) is 21.1. The molecule has 0 aliphatic rings. The number of ether oxygens (including phenoxy) is 4. The highest BCUT2D eigenvalue weighted by Gasteiger charge is 2.19. The van der Waals surface area contributed by atoms with Gasteiger partial charge in [0.2, 0.25) is 0 Å². The van der Waals surface area contributed by atoms with Gasteiger partial charge in [0.05, 0.1) is 43.7 Å². The summed E-state index contributed by atoms with van der Waals surface area (Å²) in [4.78, 5) is 41.5. The summed E-state index contributed by atoms with van der Waals surface area (Å²) >= 11 is 1.18. The van der Waals surface area contributed by atoms with Crippen molar-refractivity contribution < 1.29 is 28.5 Å². The number of hydrogen-bond donors (Lipinski definition) is 0. The number of carbonyl (C=O) groups is 2. The van der Waals surface area contributed by atoms with E-state index in [0.29, 0.717) is 31.3 Å². The molecule has 2 aromatic rings. The van der Waals surface area contributed by atoms with E-state index >= 15 is 0 Å². The Morgan fingerprint density at radius 1 is 1.07 bits per heavy atom. The number of aromatic nitrogens is 2. The number of esters is 2. The van der Waals surface area contributed by atoms with E-state index in [1.54, 1.807) is 5.38 Å². The Labute approximate surface area is 172 Å². The van der Waals surface area contributed by atoms with E-state index < -0.39 is 17.5 Å². The van der Waals surface area contributed by atoms with Crippen LogP contribution in [0.25, 0.3) is 10.2 Å². The van der Waals surface area contributed by atoms with Gasteiger partial charge in [-0.1, -0.05) is 13.3 Å². The van der Waals surface area contributed by atoms with Crippen LogP contribution >= 0.6 is 11.3 Å². The lowest BCUT2D eigenvalue weighted by molar-refractivity contribution is -0.146. The smallest absolute Gasteiger partial charge is 0.339 e. The van der Waals surface area contributed by atoms with Gasteiger partial charge in [-0.05, 0) is 13.3 Å². The Morgan fingerprint density at radius 2 is 1.83 bits per heavy atom. The molecule has 0 aliphatic heterocycles. The summed E-state index contributed by atoms with van der Waals surface area (Å²) < 4.78 is 21.8. The van der Waals surface area contributed by atoms with Crippen LogP contribution in [0.1, 0.15) is 37.0 Å². The summed E-state index contributed by atoms with van der Waals surface area (Å²) in [6.45, 7) is 5.70. The summed E-state index contributed by atoms with van der Waals surface area (Å²) in [7, 11) is 0. The Balaban J connectivity index is 1.95. The molecule has 0 bridgehead atoms. The topological polar surface area (TPSA) is 106 Å². The fourth-order valence-corrected chi connectivity index (χ4v) is 3.25. The van der Waals surface area contributed by atoms with Crippen molar-refractivity contribution in [3.05, 3.63) is 27.6 Å². The molecule has 0 atom stereocenters. The Morgan fingerprint density at radius 3 is 2.59 bits per heavy atom. The zero-order valence-electron chi connectivity index (χ0n) is 16.7. The monoisotopic (exact) mass is 426 g/mol. The number of hydrogen-bond acceptors (Lipinski definition) is 9. The number of carbonyl (C=O) groups excluding carboxylic acids is 2. The standard InChI is InChI=1S/C19H26N2O7S/c1-3-5-6-28-19(24)14-12-29-17-16(14)18(23)21(13-20-17)11-15(22)27-10-9-26-8-7-25-4-2/h12-13H,3-11H2,1-2H3. The fraction of sp³-hybridized carbons (Fsp3) is 0.579. The van der Waals surface area contributed by atoms with Crippen LogP contribution in [0, 0.1) is 0 Å². The van der Waals surface area contributed by atoms with E-state index in [1.807, 2.05) is 13.8 Å². The van der Waals surface area contributed by atoms with Crippen molar-refractivity contribution in [3.8, 4) is 0 Å². The molecule has 0 amide bonds. The first-order valence-electron chi connectivity index (χ1n) is 9.53. The fourth-order valence-electron chi connectivity index (χ4n) is 2.38. The molecule has 0 aliphatic carbocycles. The summed E-state index contributed by atoms with van der Waals surface area (Å²) in [5.41, 5.74) is -0.312. The molecule has 2 heterocycles. The van der Waals surface area contributed by atoms with Gasteiger partial charge in [0, 0.05) is 12.0 Å². The van der Waals surface area contributed by atoms with Crippen molar-refractivity contribution in [3.63, 3.8) is 0 Å². The third-order valence-corrected chi connectivity index (χ3v) is 4.76. The van der Waals surface area contributed by atoms with Gasteiger partial charge >= 0.3 is 11.9 Å². The largest absolute Gasteiger partial charge is 0.462 e. The van der Waals surface area contributed by atoms with Crippen LogP contribution in [0.4, 0.5) is 0 Å². The van der Waals surface area contributed by atoms with Crippen LogP contribution in [0.15, 0.2) is 16.5 Å². The minimum absolute atomic E-state index is 0.0723. The Hall–Kier alpha value is -2.30. The first kappa shape index (κ1) is 23.0. The average molecular weight is 426 g/mol.